The minimum absolute atomic E-state index is 0. The molecular formula is C34H55N9O6. The number of carbonyl (C=O) groups excluding carboxylic acids is 4. The Hall–Kier alpha value is -4.28. The van der Waals surface area contributed by atoms with Gasteiger partial charge in [0, 0.05) is 25.4 Å². The van der Waals surface area contributed by atoms with E-state index in [9.17, 15) is 29.4 Å². The molecule has 0 spiro atoms. The summed E-state index contributed by atoms with van der Waals surface area (Å²) >= 11 is 0. The van der Waals surface area contributed by atoms with Crippen molar-refractivity contribution in [2.45, 2.75) is 89.0 Å². The Morgan fingerprint density at radius 3 is 2.00 bits per heavy atom. The molecule has 0 fully saturated rings. The number of nitrogens with two attached hydrogens (primary N) is 5. The molecular weight excluding hydrogens is 630 g/mol. The normalized spacial score (nSPS) is 19.2. The average Bonchev–Trinajstić information content (AvgIpc) is 3.07. The Bertz CT molecular complexity index is 1410. The van der Waals surface area contributed by atoms with Gasteiger partial charge in [0.25, 0.3) is 0 Å². The van der Waals surface area contributed by atoms with Crippen molar-refractivity contribution in [3.63, 3.8) is 0 Å². The first-order valence-electron chi connectivity index (χ1n) is 16.4. The van der Waals surface area contributed by atoms with Crippen molar-refractivity contribution in [2.75, 3.05) is 26.2 Å². The van der Waals surface area contributed by atoms with Gasteiger partial charge >= 0.3 is 0 Å². The lowest BCUT2D eigenvalue weighted by Crippen LogP contribution is -2.58. The van der Waals surface area contributed by atoms with E-state index in [1.165, 1.54) is 12.1 Å². The van der Waals surface area contributed by atoms with Crippen molar-refractivity contribution in [1.29, 1.82) is 0 Å². The van der Waals surface area contributed by atoms with E-state index in [1.807, 2.05) is 0 Å². The number of rotatable bonds is 14. The lowest BCUT2D eigenvalue weighted by atomic mass is 9.95. The van der Waals surface area contributed by atoms with E-state index >= 15 is 0 Å². The zero-order chi connectivity index (χ0) is 35.2. The molecule has 5 atom stereocenters. The summed E-state index contributed by atoms with van der Waals surface area (Å²) < 4.78 is 0. The maximum atomic E-state index is 13.9. The van der Waals surface area contributed by atoms with Crippen molar-refractivity contribution < 1.29 is 29.4 Å². The predicted molar refractivity (Wildman–Crippen MR) is 189 cm³/mol. The third-order valence-electron chi connectivity index (χ3n) is 8.30. The molecule has 2 aromatic rings. The summed E-state index contributed by atoms with van der Waals surface area (Å²) in [7, 11) is 0. The molecule has 15 heteroatoms. The van der Waals surface area contributed by atoms with Gasteiger partial charge in [-0.1, -0.05) is 19.6 Å². The van der Waals surface area contributed by atoms with Crippen LogP contribution >= 0.6 is 0 Å². The quantitative estimate of drug-likeness (QED) is 0.114. The molecule has 1 heterocycles. The highest BCUT2D eigenvalue weighted by Crippen LogP contribution is 2.31. The zero-order valence-corrected chi connectivity index (χ0v) is 27.3. The maximum Gasteiger partial charge on any atom is 0.243 e. The van der Waals surface area contributed by atoms with Gasteiger partial charge < -0.3 is 60.1 Å². The van der Waals surface area contributed by atoms with Crippen molar-refractivity contribution in [3.05, 3.63) is 47.5 Å². The van der Waals surface area contributed by atoms with Crippen LogP contribution in [0.2, 0.25) is 0 Å². The van der Waals surface area contributed by atoms with E-state index in [0.29, 0.717) is 54.5 Å². The van der Waals surface area contributed by atoms with Gasteiger partial charge in [-0.25, -0.2) is 0 Å². The number of hydrogen-bond acceptors (Lipinski definition) is 11. The molecule has 2 aromatic carbocycles. The van der Waals surface area contributed by atoms with E-state index in [0.717, 1.165) is 0 Å². The molecule has 0 unspecified atom stereocenters. The Balaban J connectivity index is 0.00000833. The Morgan fingerprint density at radius 1 is 0.837 bits per heavy atom. The molecule has 3 rings (SSSR count). The SMILES string of the molecule is C.NCCC[C@H](N)CNC(=O)[C@H](CCCN)NC(=O)[C@@H]1Cc2cc(ccc2O)-c2ccc(O)c(c2)C[C@H](N)C(=O)N[C@@H](CCCN)C(=O)N1. The molecule has 0 aliphatic carbocycles. The maximum absolute atomic E-state index is 13.9. The first-order chi connectivity index (χ1) is 23.0. The van der Waals surface area contributed by atoms with Crippen LogP contribution in [0, 0.1) is 0 Å². The molecule has 0 saturated carbocycles. The lowest BCUT2D eigenvalue weighted by Gasteiger charge is -2.26. The number of amides is 4. The van der Waals surface area contributed by atoms with Crippen LogP contribution in [-0.4, -0.2) is 90.2 Å². The molecule has 49 heavy (non-hydrogen) atoms. The second-order valence-corrected chi connectivity index (χ2v) is 12.2. The van der Waals surface area contributed by atoms with Gasteiger partial charge in [0.2, 0.25) is 23.6 Å². The number of carbonyl (C=O) groups is 4. The van der Waals surface area contributed by atoms with E-state index in [2.05, 4.69) is 21.3 Å². The highest BCUT2D eigenvalue weighted by molar-refractivity contribution is 5.95. The van der Waals surface area contributed by atoms with Crippen LogP contribution in [0.25, 0.3) is 11.1 Å². The molecule has 1 aliphatic rings. The van der Waals surface area contributed by atoms with Crippen LogP contribution in [0.3, 0.4) is 0 Å². The van der Waals surface area contributed by atoms with Crippen molar-refractivity contribution in [2.24, 2.45) is 28.7 Å². The Morgan fingerprint density at radius 2 is 1.41 bits per heavy atom. The largest absolute Gasteiger partial charge is 0.508 e. The molecule has 272 valence electrons. The zero-order valence-electron chi connectivity index (χ0n) is 27.3. The molecule has 1 aliphatic heterocycles. The van der Waals surface area contributed by atoms with Crippen molar-refractivity contribution in [3.8, 4) is 22.6 Å². The Kier molecular flexibility index (Phi) is 16.9. The number of hydrogen-bond donors (Lipinski definition) is 11. The topological polar surface area (TPSA) is 287 Å². The van der Waals surface area contributed by atoms with Crippen LogP contribution in [0.1, 0.15) is 57.1 Å². The summed E-state index contributed by atoms with van der Waals surface area (Å²) in [5.41, 5.74) is 31.3. The summed E-state index contributed by atoms with van der Waals surface area (Å²) in [4.78, 5) is 54.0. The van der Waals surface area contributed by atoms with Gasteiger partial charge in [-0.2, -0.15) is 0 Å². The predicted octanol–water partition coefficient (Wildman–Crippen LogP) is -1.06. The van der Waals surface area contributed by atoms with Crippen molar-refractivity contribution >= 4 is 23.6 Å². The fraction of sp³-hybridized carbons (Fsp3) is 0.529. The standard InChI is InChI=1S/C33H51N9O6.CH4/c34-11-1-4-23(37)18-39-31(46)25(5-2-12-35)41-33(48)27-17-22-15-20(8-10-29(22)44)19-7-9-28(43)21(14-19)16-24(38)30(45)40-26(6-3-13-36)32(47)42-27;/h7-10,14-15,23-27,43-44H,1-6,11-13,16-18,34-38H2,(H,39,46)(H,40,45)(H,41,48)(H,42,47);1H4/t23-,24-,25-,26-,27-;/m0./s1. The van der Waals surface area contributed by atoms with E-state index < -0.39 is 47.8 Å². The Labute approximate surface area is 288 Å². The first kappa shape index (κ1) is 40.9. The van der Waals surface area contributed by atoms with Crippen LogP contribution < -0.4 is 49.9 Å². The summed E-state index contributed by atoms with van der Waals surface area (Å²) in [5.74, 6) is -2.62. The molecule has 0 aromatic heterocycles. The fourth-order valence-corrected chi connectivity index (χ4v) is 5.46. The summed E-state index contributed by atoms with van der Waals surface area (Å²) in [6.07, 6.45) is 2.33. The molecule has 16 N–H and O–H groups in total. The number of aromatic hydroxyl groups is 2. The van der Waals surface area contributed by atoms with Gasteiger partial charge in [-0.05, 0) is 105 Å². The second kappa shape index (κ2) is 20.3. The number of phenolic OH excluding ortho intramolecular Hbond substituents is 2. The minimum atomic E-state index is -1.27. The molecule has 0 saturated heterocycles. The first-order valence-corrected chi connectivity index (χ1v) is 16.4. The van der Waals surface area contributed by atoms with Gasteiger partial charge in [0.05, 0.1) is 6.04 Å². The van der Waals surface area contributed by atoms with E-state index in [4.69, 9.17) is 28.7 Å². The minimum Gasteiger partial charge on any atom is -0.508 e. The van der Waals surface area contributed by atoms with Gasteiger partial charge in [-0.15, -0.1) is 0 Å². The summed E-state index contributed by atoms with van der Waals surface area (Å²) in [6, 6.07) is 4.89. The number of phenols is 2. The van der Waals surface area contributed by atoms with Crippen molar-refractivity contribution in [1.82, 2.24) is 21.3 Å². The van der Waals surface area contributed by atoms with Gasteiger partial charge in [0.15, 0.2) is 0 Å². The van der Waals surface area contributed by atoms with Crippen LogP contribution in [0.4, 0.5) is 0 Å². The third-order valence-corrected chi connectivity index (χ3v) is 8.30. The van der Waals surface area contributed by atoms with Gasteiger partial charge in [0.1, 0.15) is 29.6 Å². The molecule has 15 nitrogen and oxygen atoms in total. The lowest BCUT2D eigenvalue weighted by molar-refractivity contribution is -0.134. The van der Waals surface area contributed by atoms with Crippen LogP contribution in [-0.2, 0) is 32.0 Å². The van der Waals surface area contributed by atoms with Crippen LogP contribution in [0.15, 0.2) is 36.4 Å². The van der Waals surface area contributed by atoms with Gasteiger partial charge in [-0.3, -0.25) is 19.2 Å². The highest BCUT2D eigenvalue weighted by Gasteiger charge is 2.31. The number of nitrogens with one attached hydrogen (secondary N) is 4. The number of fused-ring (bicyclic) bond motifs is 5. The monoisotopic (exact) mass is 685 g/mol. The molecule has 4 amide bonds. The summed E-state index contributed by atoms with van der Waals surface area (Å²) in [6.45, 7) is 1.17. The number of benzene rings is 2. The smallest absolute Gasteiger partial charge is 0.243 e. The van der Waals surface area contributed by atoms with E-state index in [1.54, 1.807) is 24.3 Å². The molecule has 4 bridgehead atoms. The highest BCUT2D eigenvalue weighted by atomic mass is 16.3. The molecule has 0 radical (unpaired) electrons. The summed E-state index contributed by atoms with van der Waals surface area (Å²) in [5, 5.41) is 32.3. The average molecular weight is 686 g/mol. The third kappa shape index (κ3) is 12.3. The van der Waals surface area contributed by atoms with E-state index in [-0.39, 0.29) is 70.3 Å². The second-order valence-electron chi connectivity index (χ2n) is 12.2. The fourth-order valence-electron chi connectivity index (χ4n) is 5.46. The van der Waals surface area contributed by atoms with Crippen LogP contribution in [0.5, 0.6) is 11.5 Å².